The van der Waals surface area contributed by atoms with Gasteiger partial charge in [0.2, 0.25) is 5.91 Å². The van der Waals surface area contributed by atoms with Crippen LogP contribution in [-0.2, 0) is 14.3 Å². The van der Waals surface area contributed by atoms with Gasteiger partial charge in [0.1, 0.15) is 0 Å². The summed E-state index contributed by atoms with van der Waals surface area (Å²) in [6, 6.07) is 0. The summed E-state index contributed by atoms with van der Waals surface area (Å²) in [6.45, 7) is 11.0. The SMILES string of the molecule is CCC(=O)NCC(C)(C)OCCC(C)(C)OC. The van der Waals surface area contributed by atoms with Crippen molar-refractivity contribution >= 4 is 5.91 Å². The van der Waals surface area contributed by atoms with Gasteiger partial charge in [-0.25, -0.2) is 0 Å². The zero-order valence-electron chi connectivity index (χ0n) is 12.1. The molecule has 0 atom stereocenters. The summed E-state index contributed by atoms with van der Waals surface area (Å²) in [6.07, 6.45) is 1.33. The van der Waals surface area contributed by atoms with E-state index in [1.165, 1.54) is 0 Å². The molecule has 0 fully saturated rings. The number of carbonyl (C=O) groups excluding carboxylic acids is 1. The summed E-state index contributed by atoms with van der Waals surface area (Å²) in [4.78, 5) is 11.2. The lowest BCUT2D eigenvalue weighted by atomic mass is 10.1. The van der Waals surface area contributed by atoms with Crippen LogP contribution in [-0.4, -0.2) is 37.4 Å². The number of nitrogens with one attached hydrogen (secondary N) is 1. The summed E-state index contributed by atoms with van der Waals surface area (Å²) in [7, 11) is 1.70. The Bertz CT molecular complexity index is 237. The van der Waals surface area contributed by atoms with E-state index in [2.05, 4.69) is 5.32 Å². The standard InChI is InChI=1S/C13H27NO3/c1-7-11(15)14-10-13(4,5)17-9-8-12(2,3)16-6/h7-10H2,1-6H3,(H,14,15). The quantitative estimate of drug-likeness (QED) is 0.712. The van der Waals surface area contributed by atoms with E-state index in [1.54, 1.807) is 7.11 Å². The molecule has 0 aromatic heterocycles. The molecule has 0 rings (SSSR count). The Morgan fingerprint density at radius 3 is 2.24 bits per heavy atom. The zero-order chi connectivity index (χ0) is 13.5. The number of ether oxygens (including phenoxy) is 2. The van der Waals surface area contributed by atoms with Crippen LogP contribution in [0.4, 0.5) is 0 Å². The molecule has 0 bridgehead atoms. The Labute approximate surface area is 105 Å². The Kier molecular flexibility index (Phi) is 6.72. The highest BCUT2D eigenvalue weighted by Crippen LogP contribution is 2.15. The van der Waals surface area contributed by atoms with Crippen LogP contribution >= 0.6 is 0 Å². The highest BCUT2D eigenvalue weighted by atomic mass is 16.5. The first-order valence-electron chi connectivity index (χ1n) is 6.18. The van der Waals surface area contributed by atoms with Crippen LogP contribution in [0.2, 0.25) is 0 Å². The average Bonchev–Trinajstić information content (AvgIpc) is 2.25. The van der Waals surface area contributed by atoms with E-state index < -0.39 is 0 Å². The second kappa shape index (κ2) is 6.97. The topological polar surface area (TPSA) is 47.6 Å². The van der Waals surface area contributed by atoms with Crippen molar-refractivity contribution in [3.8, 4) is 0 Å². The molecule has 0 heterocycles. The molecule has 4 heteroatoms. The molecule has 4 nitrogen and oxygen atoms in total. The van der Waals surface area contributed by atoms with Crippen molar-refractivity contribution in [3.05, 3.63) is 0 Å². The second-order valence-corrected chi connectivity index (χ2v) is 5.45. The minimum atomic E-state index is -0.339. The highest BCUT2D eigenvalue weighted by molar-refractivity contribution is 5.75. The third-order valence-corrected chi connectivity index (χ3v) is 2.78. The second-order valence-electron chi connectivity index (χ2n) is 5.45. The predicted octanol–water partition coefficient (Wildman–Crippen LogP) is 2.12. The first-order valence-corrected chi connectivity index (χ1v) is 6.18. The van der Waals surface area contributed by atoms with Crippen LogP contribution in [0.15, 0.2) is 0 Å². The molecule has 0 saturated carbocycles. The number of amides is 1. The normalized spacial score (nSPS) is 12.6. The summed E-state index contributed by atoms with van der Waals surface area (Å²) in [5.74, 6) is 0.0545. The van der Waals surface area contributed by atoms with Gasteiger partial charge in [0, 0.05) is 20.1 Å². The molecule has 102 valence electrons. The lowest BCUT2D eigenvalue weighted by Crippen LogP contribution is -2.41. The average molecular weight is 245 g/mol. The van der Waals surface area contributed by atoms with Gasteiger partial charge in [0.05, 0.1) is 17.8 Å². The molecule has 17 heavy (non-hydrogen) atoms. The molecule has 1 amide bonds. The van der Waals surface area contributed by atoms with Crippen LogP contribution in [0.25, 0.3) is 0 Å². The minimum absolute atomic E-state index is 0.0545. The predicted molar refractivity (Wildman–Crippen MR) is 69.0 cm³/mol. The lowest BCUT2D eigenvalue weighted by molar-refractivity contribution is -0.122. The van der Waals surface area contributed by atoms with E-state index in [4.69, 9.17) is 9.47 Å². The number of hydrogen-bond acceptors (Lipinski definition) is 3. The van der Waals surface area contributed by atoms with Crippen LogP contribution in [0, 0.1) is 0 Å². The summed E-state index contributed by atoms with van der Waals surface area (Å²) < 4.78 is 11.1. The third-order valence-electron chi connectivity index (χ3n) is 2.78. The maximum Gasteiger partial charge on any atom is 0.219 e. The van der Waals surface area contributed by atoms with Crippen molar-refractivity contribution in [2.24, 2.45) is 0 Å². The van der Waals surface area contributed by atoms with Crippen LogP contribution in [0.3, 0.4) is 0 Å². The Morgan fingerprint density at radius 2 is 1.76 bits per heavy atom. The number of methoxy groups -OCH3 is 1. The number of hydrogen-bond donors (Lipinski definition) is 1. The van der Waals surface area contributed by atoms with Crippen LogP contribution < -0.4 is 5.32 Å². The monoisotopic (exact) mass is 245 g/mol. The Balaban J connectivity index is 3.89. The molecule has 0 unspecified atom stereocenters. The number of rotatable bonds is 8. The molecule has 0 aromatic carbocycles. The summed E-state index contributed by atoms with van der Waals surface area (Å²) >= 11 is 0. The fourth-order valence-corrected chi connectivity index (χ4v) is 1.16. The first kappa shape index (κ1) is 16.4. The molecule has 1 N–H and O–H groups in total. The van der Waals surface area contributed by atoms with Gasteiger partial charge in [-0.1, -0.05) is 6.92 Å². The highest BCUT2D eigenvalue weighted by Gasteiger charge is 2.22. The molecule has 0 radical (unpaired) electrons. The summed E-state index contributed by atoms with van der Waals surface area (Å²) in [5.41, 5.74) is -0.503. The zero-order valence-corrected chi connectivity index (χ0v) is 12.1. The minimum Gasteiger partial charge on any atom is -0.379 e. The fourth-order valence-electron chi connectivity index (χ4n) is 1.16. The van der Waals surface area contributed by atoms with E-state index in [9.17, 15) is 4.79 Å². The Morgan fingerprint density at radius 1 is 1.18 bits per heavy atom. The first-order chi connectivity index (χ1) is 7.72. The van der Waals surface area contributed by atoms with E-state index >= 15 is 0 Å². The summed E-state index contributed by atoms with van der Waals surface area (Å²) in [5, 5.41) is 2.84. The number of carbonyl (C=O) groups is 1. The van der Waals surface area contributed by atoms with Crippen molar-refractivity contribution in [1.82, 2.24) is 5.32 Å². The van der Waals surface area contributed by atoms with Gasteiger partial charge in [-0.05, 0) is 34.1 Å². The smallest absolute Gasteiger partial charge is 0.219 e. The molecule has 0 aliphatic rings. The van der Waals surface area contributed by atoms with Crippen molar-refractivity contribution in [2.45, 2.75) is 58.7 Å². The van der Waals surface area contributed by atoms with Gasteiger partial charge in [-0.3, -0.25) is 4.79 Å². The van der Waals surface area contributed by atoms with Gasteiger partial charge in [0.15, 0.2) is 0 Å². The van der Waals surface area contributed by atoms with Crippen molar-refractivity contribution in [2.75, 3.05) is 20.3 Å². The fraction of sp³-hybridized carbons (Fsp3) is 0.923. The molecular formula is C13H27NO3. The largest absolute Gasteiger partial charge is 0.379 e. The maximum atomic E-state index is 11.2. The molecule has 0 spiro atoms. The van der Waals surface area contributed by atoms with E-state index in [0.717, 1.165) is 6.42 Å². The molecule has 0 saturated heterocycles. The maximum absolute atomic E-state index is 11.2. The lowest BCUT2D eigenvalue weighted by Gasteiger charge is -2.29. The van der Waals surface area contributed by atoms with Gasteiger partial charge < -0.3 is 14.8 Å². The van der Waals surface area contributed by atoms with E-state index in [0.29, 0.717) is 19.6 Å². The van der Waals surface area contributed by atoms with Crippen molar-refractivity contribution < 1.29 is 14.3 Å². The Hall–Kier alpha value is -0.610. The van der Waals surface area contributed by atoms with Crippen molar-refractivity contribution in [1.29, 1.82) is 0 Å². The molecule has 0 aromatic rings. The van der Waals surface area contributed by atoms with Gasteiger partial charge in [0.25, 0.3) is 0 Å². The van der Waals surface area contributed by atoms with Crippen LogP contribution in [0.5, 0.6) is 0 Å². The van der Waals surface area contributed by atoms with E-state index in [-0.39, 0.29) is 17.1 Å². The van der Waals surface area contributed by atoms with E-state index in [1.807, 2.05) is 34.6 Å². The van der Waals surface area contributed by atoms with Gasteiger partial charge in [-0.2, -0.15) is 0 Å². The van der Waals surface area contributed by atoms with Gasteiger partial charge in [-0.15, -0.1) is 0 Å². The van der Waals surface area contributed by atoms with Crippen molar-refractivity contribution in [3.63, 3.8) is 0 Å². The molecular weight excluding hydrogens is 218 g/mol. The molecule has 0 aliphatic heterocycles. The van der Waals surface area contributed by atoms with Crippen LogP contribution in [0.1, 0.15) is 47.5 Å². The molecule has 0 aliphatic carbocycles. The third kappa shape index (κ3) is 8.16. The van der Waals surface area contributed by atoms with Gasteiger partial charge >= 0.3 is 0 Å².